The molecule has 0 atom stereocenters. The van der Waals surface area contributed by atoms with Gasteiger partial charge in [-0.25, -0.2) is 0 Å². The Morgan fingerprint density at radius 3 is 1.73 bits per heavy atom. The van der Waals surface area contributed by atoms with Crippen LogP contribution in [0.4, 0.5) is 17.1 Å². The second kappa shape index (κ2) is 11.4. The molecule has 44 heavy (non-hydrogen) atoms. The summed E-state index contributed by atoms with van der Waals surface area (Å²) in [7, 11) is 0. The number of nitrogens with zero attached hydrogens (tertiary/aromatic N) is 1. The van der Waals surface area contributed by atoms with Crippen molar-refractivity contribution >= 4 is 28.0 Å². The molecule has 1 aromatic heterocycles. The van der Waals surface area contributed by atoms with E-state index in [0.29, 0.717) is 0 Å². The minimum absolute atomic E-state index is 0.0957. The third kappa shape index (κ3) is 5.20. The predicted octanol–water partition coefficient (Wildman–Crippen LogP) is 12.2. The van der Waals surface area contributed by atoms with Crippen molar-refractivity contribution in [3.05, 3.63) is 163 Å². The first kappa shape index (κ1) is 27.5. The molecule has 0 amide bonds. The van der Waals surface area contributed by atoms with Crippen LogP contribution in [-0.2, 0) is 5.41 Å². The van der Waals surface area contributed by atoms with Gasteiger partial charge in [-0.3, -0.25) is 0 Å². The van der Waals surface area contributed by atoms with Crippen LogP contribution >= 0.6 is 0 Å². The summed E-state index contributed by atoms with van der Waals surface area (Å²) in [5.41, 5.74) is 11.1. The standard InChI is InChI=1S/C42H35NO/c1-42(2,3)40-37-25-11-13-27-39(37)44-41(40)33-21-15-23-35(29-33)43(34-22-14-20-32(28-34)30-16-6-4-7-17-30)38-26-12-10-24-36(38)31-18-8-5-9-19-31/h4-29H,1-3H3. The molecule has 0 fully saturated rings. The van der Waals surface area contributed by atoms with Crippen molar-refractivity contribution in [1.29, 1.82) is 0 Å². The number of fused-ring (bicyclic) bond motifs is 1. The normalized spacial score (nSPS) is 11.5. The molecule has 0 aliphatic rings. The fourth-order valence-electron chi connectivity index (χ4n) is 6.19. The second-order valence-corrected chi connectivity index (χ2v) is 12.2. The third-order valence-corrected chi connectivity index (χ3v) is 8.15. The average Bonchev–Trinajstić information content (AvgIpc) is 3.47. The Hall–Kier alpha value is -5.34. The lowest BCUT2D eigenvalue weighted by molar-refractivity contribution is 0.568. The van der Waals surface area contributed by atoms with E-state index in [0.717, 1.165) is 34.0 Å². The van der Waals surface area contributed by atoms with Crippen LogP contribution in [0.5, 0.6) is 0 Å². The van der Waals surface area contributed by atoms with E-state index in [2.05, 4.69) is 177 Å². The molecule has 7 aromatic rings. The lowest BCUT2D eigenvalue weighted by Gasteiger charge is -2.29. The Morgan fingerprint density at radius 1 is 0.477 bits per heavy atom. The van der Waals surface area contributed by atoms with Gasteiger partial charge in [0.1, 0.15) is 11.3 Å². The van der Waals surface area contributed by atoms with E-state index in [1.807, 2.05) is 6.07 Å². The van der Waals surface area contributed by atoms with Crippen molar-refractivity contribution in [3.8, 4) is 33.6 Å². The molecule has 6 aromatic carbocycles. The van der Waals surface area contributed by atoms with Crippen molar-refractivity contribution in [2.45, 2.75) is 26.2 Å². The Kier molecular flexibility index (Phi) is 7.12. The van der Waals surface area contributed by atoms with Gasteiger partial charge in [0.05, 0.1) is 5.69 Å². The van der Waals surface area contributed by atoms with E-state index in [1.165, 1.54) is 33.2 Å². The largest absolute Gasteiger partial charge is 0.456 e. The Bertz CT molecular complexity index is 2050. The molecule has 0 bridgehead atoms. The molecule has 0 radical (unpaired) electrons. The lowest BCUT2D eigenvalue weighted by atomic mass is 9.83. The number of furan rings is 1. The Labute approximate surface area is 259 Å². The summed E-state index contributed by atoms with van der Waals surface area (Å²) in [6.07, 6.45) is 0. The summed E-state index contributed by atoms with van der Waals surface area (Å²) in [5, 5.41) is 1.17. The third-order valence-electron chi connectivity index (χ3n) is 8.15. The highest BCUT2D eigenvalue weighted by Crippen LogP contribution is 2.45. The molecule has 0 unspecified atom stereocenters. The van der Waals surface area contributed by atoms with Crippen molar-refractivity contribution < 1.29 is 4.42 Å². The van der Waals surface area contributed by atoms with Crippen LogP contribution in [0.15, 0.2) is 162 Å². The fourth-order valence-corrected chi connectivity index (χ4v) is 6.19. The van der Waals surface area contributed by atoms with Gasteiger partial charge in [0, 0.05) is 33.5 Å². The van der Waals surface area contributed by atoms with Gasteiger partial charge in [-0.05, 0) is 58.5 Å². The zero-order valence-corrected chi connectivity index (χ0v) is 25.4. The molecule has 214 valence electrons. The summed E-state index contributed by atoms with van der Waals surface area (Å²) in [6.45, 7) is 6.78. The van der Waals surface area contributed by atoms with Gasteiger partial charge in [0.15, 0.2) is 0 Å². The van der Waals surface area contributed by atoms with Crippen molar-refractivity contribution in [3.63, 3.8) is 0 Å². The smallest absolute Gasteiger partial charge is 0.139 e. The molecule has 2 nitrogen and oxygen atoms in total. The first-order valence-corrected chi connectivity index (χ1v) is 15.2. The molecule has 0 aliphatic heterocycles. The van der Waals surface area contributed by atoms with Crippen molar-refractivity contribution in [1.82, 2.24) is 0 Å². The molecular weight excluding hydrogens is 534 g/mol. The quantitative estimate of drug-likeness (QED) is 0.198. The van der Waals surface area contributed by atoms with Crippen LogP contribution in [0.3, 0.4) is 0 Å². The maximum absolute atomic E-state index is 6.61. The van der Waals surface area contributed by atoms with Gasteiger partial charge in [0.25, 0.3) is 0 Å². The van der Waals surface area contributed by atoms with Gasteiger partial charge in [-0.15, -0.1) is 0 Å². The molecular formula is C42H35NO. The van der Waals surface area contributed by atoms with Crippen LogP contribution in [0, 0.1) is 0 Å². The van der Waals surface area contributed by atoms with Gasteiger partial charge < -0.3 is 9.32 Å². The first-order valence-electron chi connectivity index (χ1n) is 15.2. The second-order valence-electron chi connectivity index (χ2n) is 12.2. The van der Waals surface area contributed by atoms with Gasteiger partial charge in [-0.2, -0.15) is 0 Å². The van der Waals surface area contributed by atoms with Gasteiger partial charge in [-0.1, -0.05) is 142 Å². The molecule has 1 heterocycles. The number of hydrogen-bond donors (Lipinski definition) is 0. The van der Waals surface area contributed by atoms with E-state index in [1.54, 1.807) is 0 Å². The average molecular weight is 570 g/mol. The van der Waals surface area contributed by atoms with E-state index < -0.39 is 0 Å². The highest BCUT2D eigenvalue weighted by molar-refractivity contribution is 5.92. The highest BCUT2D eigenvalue weighted by Gasteiger charge is 2.27. The minimum atomic E-state index is -0.0957. The zero-order valence-electron chi connectivity index (χ0n) is 25.4. The maximum atomic E-state index is 6.61. The van der Waals surface area contributed by atoms with E-state index in [4.69, 9.17) is 4.42 Å². The summed E-state index contributed by atoms with van der Waals surface area (Å²) < 4.78 is 6.61. The number of benzene rings is 6. The first-order chi connectivity index (χ1) is 21.5. The van der Waals surface area contributed by atoms with Crippen molar-refractivity contribution in [2.24, 2.45) is 0 Å². The molecule has 0 saturated carbocycles. The molecule has 2 heteroatoms. The topological polar surface area (TPSA) is 16.4 Å². The monoisotopic (exact) mass is 569 g/mol. The molecule has 0 spiro atoms. The number of anilines is 3. The van der Waals surface area contributed by atoms with E-state index in [9.17, 15) is 0 Å². The van der Waals surface area contributed by atoms with E-state index >= 15 is 0 Å². The summed E-state index contributed by atoms with van der Waals surface area (Å²) in [6, 6.07) is 55.8. The Morgan fingerprint density at radius 2 is 1.02 bits per heavy atom. The summed E-state index contributed by atoms with van der Waals surface area (Å²) in [5.74, 6) is 0.926. The van der Waals surface area contributed by atoms with Crippen LogP contribution in [0.2, 0.25) is 0 Å². The van der Waals surface area contributed by atoms with E-state index in [-0.39, 0.29) is 5.41 Å². The Balaban J connectivity index is 1.45. The van der Waals surface area contributed by atoms with Crippen LogP contribution < -0.4 is 4.90 Å². The molecule has 0 N–H and O–H groups in total. The van der Waals surface area contributed by atoms with Crippen LogP contribution in [0.25, 0.3) is 44.5 Å². The van der Waals surface area contributed by atoms with Gasteiger partial charge >= 0.3 is 0 Å². The lowest BCUT2D eigenvalue weighted by Crippen LogP contribution is -2.13. The van der Waals surface area contributed by atoms with Crippen LogP contribution in [0.1, 0.15) is 26.3 Å². The predicted molar refractivity (Wildman–Crippen MR) is 186 cm³/mol. The fraction of sp³-hybridized carbons (Fsp3) is 0.0952. The number of rotatable bonds is 6. The van der Waals surface area contributed by atoms with Crippen LogP contribution in [-0.4, -0.2) is 0 Å². The minimum Gasteiger partial charge on any atom is -0.456 e. The number of para-hydroxylation sites is 2. The maximum Gasteiger partial charge on any atom is 0.139 e. The SMILES string of the molecule is CC(C)(C)c1c(-c2cccc(N(c3cccc(-c4ccccc4)c3)c3ccccc3-c3ccccc3)c2)oc2ccccc12. The molecule has 0 aliphatic carbocycles. The number of hydrogen-bond acceptors (Lipinski definition) is 2. The van der Waals surface area contributed by atoms with Gasteiger partial charge in [0.2, 0.25) is 0 Å². The molecule has 0 saturated heterocycles. The molecule has 7 rings (SSSR count). The summed E-state index contributed by atoms with van der Waals surface area (Å²) >= 11 is 0. The zero-order chi connectivity index (χ0) is 30.1. The highest BCUT2D eigenvalue weighted by atomic mass is 16.3. The summed E-state index contributed by atoms with van der Waals surface area (Å²) in [4.78, 5) is 2.37. The van der Waals surface area contributed by atoms with Crippen molar-refractivity contribution in [2.75, 3.05) is 4.90 Å².